The summed E-state index contributed by atoms with van der Waals surface area (Å²) >= 11 is 1.94. The van der Waals surface area contributed by atoms with E-state index < -0.39 is 0 Å². The third-order valence-corrected chi connectivity index (χ3v) is 4.32. The van der Waals surface area contributed by atoms with Crippen LogP contribution in [-0.4, -0.2) is 36.0 Å². The van der Waals surface area contributed by atoms with Crippen molar-refractivity contribution in [2.45, 2.75) is 43.3 Å². The molecule has 0 bridgehead atoms. The summed E-state index contributed by atoms with van der Waals surface area (Å²) in [5, 5.41) is 0.506. The van der Waals surface area contributed by atoms with Crippen molar-refractivity contribution < 1.29 is 9.47 Å². The Balaban J connectivity index is 1.97. The van der Waals surface area contributed by atoms with Crippen LogP contribution in [-0.2, 0) is 9.47 Å². The van der Waals surface area contributed by atoms with Crippen molar-refractivity contribution >= 4 is 11.8 Å². The molecule has 0 aromatic carbocycles. The molecule has 1 spiro atoms. The Morgan fingerprint density at radius 3 is 2.79 bits per heavy atom. The van der Waals surface area contributed by atoms with Crippen LogP contribution < -0.4 is 5.73 Å². The number of rotatable bonds is 2. The first-order chi connectivity index (χ1) is 6.76. The van der Waals surface area contributed by atoms with Gasteiger partial charge in [0.25, 0.3) is 0 Å². The van der Waals surface area contributed by atoms with Gasteiger partial charge in [-0.25, -0.2) is 0 Å². The molecule has 0 aromatic rings. The van der Waals surface area contributed by atoms with Crippen LogP contribution in [0, 0.1) is 0 Å². The fourth-order valence-corrected chi connectivity index (χ4v) is 3.47. The number of hydrogen-bond acceptors (Lipinski definition) is 4. The Bertz CT molecular complexity index is 195. The Hall–Kier alpha value is 0.230. The van der Waals surface area contributed by atoms with E-state index in [1.807, 2.05) is 11.8 Å². The minimum absolute atomic E-state index is 0.275. The van der Waals surface area contributed by atoms with Gasteiger partial charge in [-0.05, 0) is 12.2 Å². The molecule has 4 heteroatoms. The largest absolute Gasteiger partial charge is 0.347 e. The van der Waals surface area contributed by atoms with E-state index in [4.69, 9.17) is 15.2 Å². The maximum absolute atomic E-state index is 6.08. The maximum atomic E-state index is 6.08. The summed E-state index contributed by atoms with van der Waals surface area (Å²) in [4.78, 5) is 0. The number of hydrogen-bond donors (Lipinski definition) is 1. The lowest BCUT2D eigenvalue weighted by Crippen LogP contribution is -2.47. The molecule has 82 valence electrons. The highest BCUT2D eigenvalue weighted by atomic mass is 32.2. The molecule has 1 saturated heterocycles. The van der Waals surface area contributed by atoms with Crippen LogP contribution in [0.3, 0.4) is 0 Å². The highest BCUT2D eigenvalue weighted by Gasteiger charge is 2.44. The monoisotopic (exact) mass is 217 g/mol. The van der Waals surface area contributed by atoms with Gasteiger partial charge >= 0.3 is 0 Å². The van der Waals surface area contributed by atoms with E-state index >= 15 is 0 Å². The lowest BCUT2D eigenvalue weighted by Gasteiger charge is -2.39. The first-order valence-corrected chi connectivity index (χ1v) is 6.46. The summed E-state index contributed by atoms with van der Waals surface area (Å²) in [6.07, 6.45) is 2.96. The van der Waals surface area contributed by atoms with E-state index in [1.54, 1.807) is 0 Å². The molecule has 0 radical (unpaired) electrons. The Labute approximate surface area is 89.7 Å². The fraction of sp³-hybridized carbons (Fsp3) is 1.00. The Kier molecular flexibility index (Phi) is 3.37. The van der Waals surface area contributed by atoms with Gasteiger partial charge in [0.05, 0.1) is 13.2 Å². The van der Waals surface area contributed by atoms with Crippen LogP contribution >= 0.6 is 11.8 Å². The molecule has 0 amide bonds. The fourth-order valence-electron chi connectivity index (χ4n) is 2.29. The number of thioether (sulfide) groups is 1. The molecule has 2 N–H and O–H groups in total. The zero-order chi connectivity index (χ0) is 10.0. The van der Waals surface area contributed by atoms with E-state index in [2.05, 4.69) is 6.92 Å². The lowest BCUT2D eigenvalue weighted by atomic mass is 9.90. The summed E-state index contributed by atoms with van der Waals surface area (Å²) < 4.78 is 11.4. The molecule has 2 atom stereocenters. The first-order valence-electron chi connectivity index (χ1n) is 5.41. The average Bonchev–Trinajstić information content (AvgIpc) is 2.61. The molecule has 3 nitrogen and oxygen atoms in total. The molecule has 2 rings (SSSR count). The van der Waals surface area contributed by atoms with E-state index in [9.17, 15) is 0 Å². The summed E-state index contributed by atoms with van der Waals surface area (Å²) in [7, 11) is 0. The van der Waals surface area contributed by atoms with Crippen LogP contribution in [0.5, 0.6) is 0 Å². The van der Waals surface area contributed by atoms with Gasteiger partial charge in [-0.3, -0.25) is 0 Å². The average molecular weight is 217 g/mol. The molecule has 2 unspecified atom stereocenters. The summed E-state index contributed by atoms with van der Waals surface area (Å²) in [6, 6.07) is 0.318. The van der Waals surface area contributed by atoms with E-state index in [0.29, 0.717) is 11.3 Å². The number of nitrogens with two attached hydrogens (primary N) is 1. The molecule has 1 saturated carbocycles. The van der Waals surface area contributed by atoms with Gasteiger partial charge in [0, 0.05) is 24.1 Å². The SMILES string of the molecule is CCSC1CC2(CCC1N)OCCO2. The van der Waals surface area contributed by atoms with Gasteiger partial charge in [0.1, 0.15) is 0 Å². The topological polar surface area (TPSA) is 44.5 Å². The first kappa shape index (κ1) is 10.7. The Morgan fingerprint density at radius 1 is 1.43 bits per heavy atom. The zero-order valence-corrected chi connectivity index (χ0v) is 9.52. The quantitative estimate of drug-likeness (QED) is 0.758. The van der Waals surface area contributed by atoms with Crippen LogP contribution in [0.25, 0.3) is 0 Å². The third kappa shape index (κ3) is 2.08. The van der Waals surface area contributed by atoms with Crippen LogP contribution in [0.4, 0.5) is 0 Å². The van der Waals surface area contributed by atoms with Gasteiger partial charge < -0.3 is 15.2 Å². The second-order valence-corrected chi connectivity index (χ2v) is 5.52. The Morgan fingerprint density at radius 2 is 2.14 bits per heavy atom. The van der Waals surface area contributed by atoms with Crippen LogP contribution in [0.1, 0.15) is 26.2 Å². The van der Waals surface area contributed by atoms with Crippen molar-refractivity contribution in [1.29, 1.82) is 0 Å². The van der Waals surface area contributed by atoms with Crippen molar-refractivity contribution in [2.24, 2.45) is 5.73 Å². The summed E-state index contributed by atoms with van der Waals surface area (Å²) in [5.41, 5.74) is 6.08. The van der Waals surface area contributed by atoms with Gasteiger partial charge in [-0.1, -0.05) is 6.92 Å². The predicted octanol–water partition coefficient (Wildman–Crippen LogP) is 1.36. The smallest absolute Gasteiger partial charge is 0.169 e. The molecule has 1 heterocycles. The molecule has 1 aliphatic carbocycles. The van der Waals surface area contributed by atoms with E-state index in [1.165, 1.54) is 0 Å². The molecular formula is C10H19NO2S. The van der Waals surface area contributed by atoms with Crippen molar-refractivity contribution in [3.05, 3.63) is 0 Å². The van der Waals surface area contributed by atoms with Crippen molar-refractivity contribution in [3.8, 4) is 0 Å². The van der Waals surface area contributed by atoms with Crippen molar-refractivity contribution in [1.82, 2.24) is 0 Å². The predicted molar refractivity (Wildman–Crippen MR) is 58.4 cm³/mol. The van der Waals surface area contributed by atoms with Gasteiger partial charge in [0.15, 0.2) is 5.79 Å². The highest BCUT2D eigenvalue weighted by molar-refractivity contribution is 7.99. The number of ether oxygens (including phenoxy) is 2. The zero-order valence-electron chi connectivity index (χ0n) is 8.70. The second kappa shape index (κ2) is 4.39. The van der Waals surface area contributed by atoms with Crippen LogP contribution in [0.2, 0.25) is 0 Å². The lowest BCUT2D eigenvalue weighted by molar-refractivity contribution is -0.176. The second-order valence-electron chi connectivity index (χ2n) is 4.01. The normalized spacial score (nSPS) is 36.4. The molecule has 2 aliphatic rings. The maximum Gasteiger partial charge on any atom is 0.169 e. The third-order valence-electron chi connectivity index (χ3n) is 3.04. The summed E-state index contributed by atoms with van der Waals surface area (Å²) in [6.45, 7) is 3.67. The van der Waals surface area contributed by atoms with E-state index in [0.717, 1.165) is 38.2 Å². The van der Waals surface area contributed by atoms with Crippen molar-refractivity contribution in [3.63, 3.8) is 0 Å². The van der Waals surface area contributed by atoms with Gasteiger partial charge in [-0.2, -0.15) is 11.8 Å². The summed E-state index contributed by atoms with van der Waals surface area (Å²) in [5.74, 6) is 0.844. The molecule has 1 aliphatic heterocycles. The van der Waals surface area contributed by atoms with Crippen molar-refractivity contribution in [2.75, 3.05) is 19.0 Å². The molecule has 2 fully saturated rings. The van der Waals surface area contributed by atoms with Gasteiger partial charge in [0.2, 0.25) is 0 Å². The van der Waals surface area contributed by atoms with E-state index in [-0.39, 0.29) is 5.79 Å². The molecule has 0 aromatic heterocycles. The minimum Gasteiger partial charge on any atom is -0.347 e. The van der Waals surface area contributed by atoms with Gasteiger partial charge in [-0.15, -0.1) is 0 Å². The minimum atomic E-state index is -0.275. The molecule has 14 heavy (non-hydrogen) atoms. The van der Waals surface area contributed by atoms with Crippen LogP contribution in [0.15, 0.2) is 0 Å². The highest BCUT2D eigenvalue weighted by Crippen LogP contribution is 2.39. The molecular weight excluding hydrogens is 198 g/mol. The standard InChI is InChI=1S/C10H19NO2S/c1-2-14-9-7-10(4-3-8(9)11)12-5-6-13-10/h8-9H,2-7,11H2,1H3.